The highest BCUT2D eigenvalue weighted by Crippen LogP contribution is 2.32. The van der Waals surface area contributed by atoms with Crippen molar-refractivity contribution in [2.45, 2.75) is 52.4 Å². The van der Waals surface area contributed by atoms with Gasteiger partial charge in [-0.15, -0.1) is 0 Å². The second-order valence-electron chi connectivity index (χ2n) is 10.5. The van der Waals surface area contributed by atoms with Gasteiger partial charge in [0.25, 0.3) is 0 Å². The molecule has 0 amide bonds. The maximum absolute atomic E-state index is 15.1. The number of hydroxylamine groups is 1. The van der Waals surface area contributed by atoms with Gasteiger partial charge in [0.15, 0.2) is 11.6 Å². The highest BCUT2D eigenvalue weighted by Gasteiger charge is 2.23. The smallest absolute Gasteiger partial charge is 0.229 e. The van der Waals surface area contributed by atoms with Crippen LogP contribution in [0.2, 0.25) is 0 Å². The van der Waals surface area contributed by atoms with E-state index in [1.165, 1.54) is 6.07 Å². The molecule has 0 aliphatic carbocycles. The first-order valence-electron chi connectivity index (χ1n) is 12.4. The number of aryl methyl sites for hydroxylation is 1. The van der Waals surface area contributed by atoms with Crippen LogP contribution in [0.1, 0.15) is 37.9 Å². The van der Waals surface area contributed by atoms with Crippen LogP contribution < -0.4 is 16.5 Å². The number of aromatic nitrogens is 5. The van der Waals surface area contributed by atoms with Crippen molar-refractivity contribution in [1.29, 1.82) is 0 Å². The maximum atomic E-state index is 15.1. The van der Waals surface area contributed by atoms with Gasteiger partial charge < -0.3 is 20.8 Å². The maximum Gasteiger partial charge on any atom is 0.229 e. The number of hydrogen-bond donors (Lipinski definition) is 4. The number of imidazole rings is 1. The van der Waals surface area contributed by atoms with Gasteiger partial charge in [-0.1, -0.05) is 6.07 Å². The number of pyridine rings is 1. The van der Waals surface area contributed by atoms with Crippen LogP contribution in [0.15, 0.2) is 30.5 Å². The fourth-order valence-electron chi connectivity index (χ4n) is 5.00. The third-order valence-electron chi connectivity index (χ3n) is 6.56. The van der Waals surface area contributed by atoms with Crippen molar-refractivity contribution in [3.8, 4) is 11.3 Å². The molecule has 0 saturated carbocycles. The molecule has 0 fully saturated rings. The number of benzene rings is 1. The molecular formula is C26H31F2N9O. The molecule has 1 aromatic carbocycles. The summed E-state index contributed by atoms with van der Waals surface area (Å²) < 4.78 is 31.9. The molecule has 5 N–H and O–H groups in total. The zero-order valence-electron chi connectivity index (χ0n) is 21.8. The predicted octanol–water partition coefficient (Wildman–Crippen LogP) is 3.60. The summed E-state index contributed by atoms with van der Waals surface area (Å²) in [7, 11) is 0. The summed E-state index contributed by atoms with van der Waals surface area (Å²) in [5, 5.41) is 12.0. The van der Waals surface area contributed by atoms with E-state index in [-0.39, 0.29) is 28.3 Å². The number of hydrogen-bond acceptors (Lipinski definition) is 9. The Morgan fingerprint density at radius 1 is 1.13 bits per heavy atom. The lowest BCUT2D eigenvalue weighted by atomic mass is 10.1. The summed E-state index contributed by atoms with van der Waals surface area (Å²) in [4.78, 5) is 19.6. The summed E-state index contributed by atoms with van der Waals surface area (Å²) >= 11 is 0. The topological polar surface area (TPSA) is 130 Å². The molecule has 0 bridgehead atoms. The highest BCUT2D eigenvalue weighted by molar-refractivity contribution is 5.83. The molecule has 4 aromatic rings. The van der Waals surface area contributed by atoms with Crippen LogP contribution in [0.3, 0.4) is 0 Å². The molecule has 0 radical (unpaired) electrons. The van der Waals surface area contributed by atoms with E-state index >= 15 is 4.39 Å². The number of anilines is 2. The number of fused-ring (bicyclic) bond motifs is 2. The molecule has 3 aromatic heterocycles. The summed E-state index contributed by atoms with van der Waals surface area (Å²) in [5.41, 5.74) is 10.5. The van der Waals surface area contributed by atoms with Gasteiger partial charge in [-0.05, 0) is 51.5 Å². The van der Waals surface area contributed by atoms with Crippen molar-refractivity contribution in [3.63, 3.8) is 0 Å². The van der Waals surface area contributed by atoms with Gasteiger partial charge in [-0.3, -0.25) is 4.90 Å². The van der Waals surface area contributed by atoms with Crippen LogP contribution in [0.25, 0.3) is 22.3 Å². The first-order valence-corrected chi connectivity index (χ1v) is 12.4. The second kappa shape index (κ2) is 9.95. The Hall–Kier alpha value is -3.58. The second-order valence-corrected chi connectivity index (χ2v) is 10.5. The molecule has 38 heavy (non-hydrogen) atoms. The number of halogens is 2. The average Bonchev–Trinajstić information content (AvgIpc) is 3.22. The predicted molar refractivity (Wildman–Crippen MR) is 140 cm³/mol. The molecule has 5 rings (SSSR count). The van der Waals surface area contributed by atoms with Crippen molar-refractivity contribution in [2.75, 3.05) is 18.4 Å². The van der Waals surface area contributed by atoms with Gasteiger partial charge in [-0.25, -0.2) is 28.7 Å². The minimum absolute atomic E-state index is 0.0231. The third kappa shape index (κ3) is 5.07. The number of rotatable bonds is 6. The van der Waals surface area contributed by atoms with Gasteiger partial charge in [-0.2, -0.15) is 5.48 Å². The minimum atomic E-state index is -0.665. The zero-order chi connectivity index (χ0) is 27.2. The first-order chi connectivity index (χ1) is 18.0. The van der Waals surface area contributed by atoms with Gasteiger partial charge in [0.05, 0.1) is 17.9 Å². The number of nitrogens with two attached hydrogens (primary N) is 1. The lowest BCUT2D eigenvalue weighted by Gasteiger charge is -2.29. The van der Waals surface area contributed by atoms with E-state index < -0.39 is 17.8 Å². The standard InChI is InChI=1S/C26H31F2N9O/c1-14-31-24-17(27)9-16(10-20(24)37(14)26(2,3)4)23-18(28)11-30-25(34-23)33-22-6-5-15-12-36(13-21(29)35-38)8-7-19(15)32-22/h5-6,9-11,21,35,38H,7-8,12-13,29H2,1-4H3,(H,30,32,33,34). The number of nitrogens with zero attached hydrogens (tertiary/aromatic N) is 6. The van der Waals surface area contributed by atoms with Crippen molar-refractivity contribution in [2.24, 2.45) is 5.73 Å². The molecule has 10 nitrogen and oxygen atoms in total. The van der Waals surface area contributed by atoms with Crippen molar-refractivity contribution >= 4 is 22.8 Å². The third-order valence-corrected chi connectivity index (χ3v) is 6.56. The Labute approximate surface area is 218 Å². The largest absolute Gasteiger partial charge is 0.323 e. The van der Waals surface area contributed by atoms with E-state index in [1.807, 2.05) is 38.3 Å². The first kappa shape index (κ1) is 26.0. The summed E-state index contributed by atoms with van der Waals surface area (Å²) in [5.74, 6) is 0.126. The van der Waals surface area contributed by atoms with Crippen molar-refractivity contribution in [3.05, 3.63) is 59.2 Å². The van der Waals surface area contributed by atoms with Crippen LogP contribution >= 0.6 is 0 Å². The molecule has 1 atom stereocenters. The summed E-state index contributed by atoms with van der Waals surface area (Å²) in [6.07, 6.45) is 1.24. The molecule has 1 unspecified atom stereocenters. The van der Waals surface area contributed by atoms with Crippen molar-refractivity contribution in [1.82, 2.24) is 34.9 Å². The highest BCUT2D eigenvalue weighted by atomic mass is 19.1. The minimum Gasteiger partial charge on any atom is -0.323 e. The van der Waals surface area contributed by atoms with Crippen LogP contribution in [-0.2, 0) is 18.5 Å². The van der Waals surface area contributed by atoms with Crippen molar-refractivity contribution < 1.29 is 14.0 Å². The van der Waals surface area contributed by atoms with E-state index in [9.17, 15) is 4.39 Å². The lowest BCUT2D eigenvalue weighted by Crippen LogP contribution is -2.47. The molecule has 0 spiro atoms. The fraction of sp³-hybridized carbons (Fsp3) is 0.385. The van der Waals surface area contributed by atoms with Crippen LogP contribution in [0.4, 0.5) is 20.5 Å². The van der Waals surface area contributed by atoms with E-state index in [1.54, 1.807) is 12.1 Å². The number of nitrogens with one attached hydrogen (secondary N) is 2. The van der Waals surface area contributed by atoms with Gasteiger partial charge in [0.2, 0.25) is 5.95 Å². The Morgan fingerprint density at radius 3 is 2.66 bits per heavy atom. The normalized spacial score (nSPS) is 15.1. The Bertz CT molecular complexity index is 1500. The van der Waals surface area contributed by atoms with E-state index in [2.05, 4.69) is 35.6 Å². The van der Waals surface area contributed by atoms with E-state index in [0.29, 0.717) is 36.7 Å². The lowest BCUT2D eigenvalue weighted by molar-refractivity contribution is 0.0986. The summed E-state index contributed by atoms with van der Waals surface area (Å²) in [6, 6.07) is 6.71. The zero-order valence-corrected chi connectivity index (χ0v) is 21.8. The molecular weight excluding hydrogens is 492 g/mol. The van der Waals surface area contributed by atoms with Gasteiger partial charge >= 0.3 is 0 Å². The Morgan fingerprint density at radius 2 is 1.92 bits per heavy atom. The Kier molecular flexibility index (Phi) is 6.82. The van der Waals surface area contributed by atoms with Crippen LogP contribution in [0, 0.1) is 18.6 Å². The van der Waals surface area contributed by atoms with Crippen LogP contribution in [-0.4, -0.2) is 53.9 Å². The van der Waals surface area contributed by atoms with E-state index in [4.69, 9.17) is 10.9 Å². The Balaban J connectivity index is 1.43. The quantitative estimate of drug-likeness (QED) is 0.221. The monoisotopic (exact) mass is 523 g/mol. The molecule has 200 valence electrons. The van der Waals surface area contributed by atoms with E-state index in [0.717, 1.165) is 24.0 Å². The van der Waals surface area contributed by atoms with Gasteiger partial charge in [0.1, 0.15) is 22.9 Å². The molecule has 4 heterocycles. The molecule has 1 aliphatic rings. The summed E-state index contributed by atoms with van der Waals surface area (Å²) in [6.45, 7) is 9.74. The molecule has 1 aliphatic heterocycles. The molecule has 12 heteroatoms. The molecule has 0 saturated heterocycles. The van der Waals surface area contributed by atoms with Crippen LogP contribution in [0.5, 0.6) is 0 Å². The fourth-order valence-corrected chi connectivity index (χ4v) is 5.00. The SMILES string of the molecule is Cc1nc2c(F)cc(-c3nc(Nc4ccc5c(n4)CCN(CC(N)NO)C5)ncc3F)cc2n1C(C)(C)C. The van der Waals surface area contributed by atoms with Gasteiger partial charge in [0, 0.05) is 42.9 Å². The average molecular weight is 524 g/mol.